The van der Waals surface area contributed by atoms with Crippen molar-refractivity contribution in [3.05, 3.63) is 47.7 Å². The molecular weight excluding hydrogens is 246 g/mol. The number of benzene rings is 1. The van der Waals surface area contributed by atoms with Crippen molar-refractivity contribution in [2.75, 3.05) is 17.6 Å². The summed E-state index contributed by atoms with van der Waals surface area (Å²) in [4.78, 5) is 4.59. The Bertz CT molecular complexity index is 699. The summed E-state index contributed by atoms with van der Waals surface area (Å²) in [6, 6.07) is 10.4. The van der Waals surface area contributed by atoms with Crippen LogP contribution in [-0.2, 0) is 0 Å². The van der Waals surface area contributed by atoms with Gasteiger partial charge in [-0.15, -0.1) is 0 Å². The number of para-hydroxylation sites is 1. The van der Waals surface area contributed by atoms with Gasteiger partial charge in [0.1, 0.15) is 5.82 Å². The summed E-state index contributed by atoms with van der Waals surface area (Å²) in [5.74, 6) is 1.21. The van der Waals surface area contributed by atoms with E-state index in [1.165, 1.54) is 35.2 Å². The zero-order chi connectivity index (χ0) is 13.5. The van der Waals surface area contributed by atoms with Crippen molar-refractivity contribution < 1.29 is 0 Å². The molecule has 1 aliphatic heterocycles. The van der Waals surface area contributed by atoms with Crippen LogP contribution in [0.4, 0.5) is 11.5 Å². The van der Waals surface area contributed by atoms with Crippen LogP contribution in [-0.4, -0.2) is 11.5 Å². The van der Waals surface area contributed by atoms with Gasteiger partial charge in [0.05, 0.1) is 5.69 Å². The van der Waals surface area contributed by atoms with Crippen LogP contribution < -0.4 is 11.1 Å². The average Bonchev–Trinajstić information content (AvgIpc) is 3.31. The number of nitrogens with two attached hydrogens (primary N) is 1. The van der Waals surface area contributed by atoms with Crippen LogP contribution in [0.1, 0.15) is 30.0 Å². The first-order valence-electron chi connectivity index (χ1n) is 7.13. The summed E-state index contributed by atoms with van der Waals surface area (Å²) < 4.78 is 0. The fourth-order valence-electron chi connectivity index (χ4n) is 2.86. The molecule has 100 valence electrons. The third kappa shape index (κ3) is 1.86. The van der Waals surface area contributed by atoms with Crippen LogP contribution in [0, 0.1) is 0 Å². The Labute approximate surface area is 118 Å². The number of fused-ring (bicyclic) bond motifs is 1. The van der Waals surface area contributed by atoms with Crippen LogP contribution >= 0.6 is 0 Å². The summed E-state index contributed by atoms with van der Waals surface area (Å²) >= 11 is 0. The van der Waals surface area contributed by atoms with Crippen molar-refractivity contribution in [1.29, 1.82) is 0 Å². The van der Waals surface area contributed by atoms with Gasteiger partial charge in [-0.25, -0.2) is 4.98 Å². The maximum absolute atomic E-state index is 5.87. The van der Waals surface area contributed by atoms with E-state index in [-0.39, 0.29) is 0 Å². The Kier molecular flexibility index (Phi) is 2.52. The van der Waals surface area contributed by atoms with E-state index in [4.69, 9.17) is 5.73 Å². The largest absolute Gasteiger partial charge is 0.384 e. The predicted octanol–water partition coefficient (Wildman–Crippen LogP) is 3.65. The van der Waals surface area contributed by atoms with Crippen molar-refractivity contribution in [2.45, 2.75) is 18.8 Å². The average molecular weight is 263 g/mol. The first kappa shape index (κ1) is 11.5. The van der Waals surface area contributed by atoms with Crippen molar-refractivity contribution >= 4 is 17.6 Å². The minimum atomic E-state index is 0.587. The highest BCUT2D eigenvalue weighted by atomic mass is 14.9. The number of aromatic nitrogens is 1. The molecule has 0 saturated heterocycles. The Balaban J connectivity index is 1.92. The van der Waals surface area contributed by atoms with E-state index < -0.39 is 0 Å². The van der Waals surface area contributed by atoms with Crippen molar-refractivity contribution in [2.24, 2.45) is 0 Å². The third-order valence-electron chi connectivity index (χ3n) is 3.99. The molecule has 0 atom stereocenters. The van der Waals surface area contributed by atoms with Gasteiger partial charge in [0, 0.05) is 29.3 Å². The summed E-state index contributed by atoms with van der Waals surface area (Å²) in [5, 5.41) is 3.49. The predicted molar refractivity (Wildman–Crippen MR) is 83.6 cm³/mol. The molecule has 4 rings (SSSR count). The van der Waals surface area contributed by atoms with Gasteiger partial charge in [0.15, 0.2) is 0 Å². The van der Waals surface area contributed by atoms with Crippen LogP contribution in [0.2, 0.25) is 0 Å². The SMILES string of the molecule is Nc1ccc(-c2cccc3c2NCC=C3)c(C2CC2)n1. The molecule has 1 aliphatic carbocycles. The first-order valence-corrected chi connectivity index (χ1v) is 7.13. The highest BCUT2D eigenvalue weighted by Crippen LogP contribution is 2.45. The summed E-state index contributed by atoms with van der Waals surface area (Å²) in [6.45, 7) is 0.880. The molecule has 0 amide bonds. The van der Waals surface area contributed by atoms with E-state index in [0.29, 0.717) is 11.7 Å². The Morgan fingerprint density at radius 1 is 1.10 bits per heavy atom. The van der Waals surface area contributed by atoms with E-state index >= 15 is 0 Å². The van der Waals surface area contributed by atoms with E-state index in [1.54, 1.807) is 0 Å². The van der Waals surface area contributed by atoms with Crippen LogP contribution in [0.15, 0.2) is 36.4 Å². The zero-order valence-electron chi connectivity index (χ0n) is 11.3. The molecule has 20 heavy (non-hydrogen) atoms. The van der Waals surface area contributed by atoms with Gasteiger partial charge in [-0.1, -0.05) is 30.4 Å². The van der Waals surface area contributed by atoms with Gasteiger partial charge in [0.25, 0.3) is 0 Å². The quantitative estimate of drug-likeness (QED) is 0.869. The van der Waals surface area contributed by atoms with E-state index in [9.17, 15) is 0 Å². The van der Waals surface area contributed by atoms with Gasteiger partial charge >= 0.3 is 0 Å². The monoisotopic (exact) mass is 263 g/mol. The lowest BCUT2D eigenvalue weighted by Gasteiger charge is -2.19. The molecule has 1 fully saturated rings. The van der Waals surface area contributed by atoms with Gasteiger partial charge in [-0.2, -0.15) is 0 Å². The number of hydrogen-bond donors (Lipinski definition) is 2. The molecule has 2 heterocycles. The number of pyridine rings is 1. The first-order chi connectivity index (χ1) is 9.83. The maximum Gasteiger partial charge on any atom is 0.123 e. The zero-order valence-corrected chi connectivity index (χ0v) is 11.3. The number of nitrogen functional groups attached to an aromatic ring is 1. The highest BCUT2D eigenvalue weighted by molar-refractivity contribution is 5.87. The van der Waals surface area contributed by atoms with Crippen molar-refractivity contribution in [1.82, 2.24) is 4.98 Å². The molecular formula is C17H17N3. The molecule has 1 saturated carbocycles. The minimum absolute atomic E-state index is 0.587. The molecule has 0 bridgehead atoms. The standard InChI is InChI=1S/C17H17N3/c18-15-9-8-14(17(20-15)12-6-7-12)13-5-1-3-11-4-2-10-19-16(11)13/h1-5,8-9,12,19H,6-7,10H2,(H2,18,20). The van der Waals surface area contributed by atoms with Gasteiger partial charge in [-0.05, 0) is 30.5 Å². The molecule has 3 heteroatoms. The summed E-state index contributed by atoms with van der Waals surface area (Å²) in [5.41, 5.74) is 11.9. The number of nitrogens with one attached hydrogen (secondary N) is 1. The minimum Gasteiger partial charge on any atom is -0.384 e. The lowest BCUT2D eigenvalue weighted by Crippen LogP contribution is -2.07. The van der Waals surface area contributed by atoms with Crippen LogP contribution in [0.25, 0.3) is 17.2 Å². The molecule has 3 N–H and O–H groups in total. The number of nitrogens with zero attached hydrogens (tertiary/aromatic N) is 1. The lowest BCUT2D eigenvalue weighted by molar-refractivity contribution is 1.03. The lowest BCUT2D eigenvalue weighted by atomic mass is 9.95. The molecule has 2 aliphatic rings. The van der Waals surface area contributed by atoms with E-state index in [2.05, 4.69) is 46.7 Å². The Morgan fingerprint density at radius 2 is 2.00 bits per heavy atom. The second-order valence-corrected chi connectivity index (χ2v) is 5.50. The van der Waals surface area contributed by atoms with E-state index in [0.717, 1.165) is 12.2 Å². The maximum atomic E-state index is 5.87. The molecule has 1 aromatic heterocycles. The smallest absolute Gasteiger partial charge is 0.123 e. The van der Waals surface area contributed by atoms with Gasteiger partial charge in [0.2, 0.25) is 0 Å². The third-order valence-corrected chi connectivity index (χ3v) is 3.99. The van der Waals surface area contributed by atoms with Gasteiger partial charge < -0.3 is 11.1 Å². The molecule has 2 aromatic rings. The molecule has 1 aromatic carbocycles. The number of hydrogen-bond acceptors (Lipinski definition) is 3. The van der Waals surface area contributed by atoms with E-state index in [1.807, 2.05) is 6.07 Å². The normalized spacial score (nSPS) is 16.6. The van der Waals surface area contributed by atoms with Crippen molar-refractivity contribution in [3.8, 4) is 11.1 Å². The fraction of sp³-hybridized carbons (Fsp3) is 0.235. The highest BCUT2D eigenvalue weighted by Gasteiger charge is 2.29. The Morgan fingerprint density at radius 3 is 2.85 bits per heavy atom. The number of anilines is 2. The summed E-state index contributed by atoms with van der Waals surface area (Å²) in [7, 11) is 0. The van der Waals surface area contributed by atoms with Gasteiger partial charge in [-0.3, -0.25) is 0 Å². The second kappa shape index (κ2) is 4.37. The molecule has 0 radical (unpaired) electrons. The fourth-order valence-corrected chi connectivity index (χ4v) is 2.86. The van der Waals surface area contributed by atoms with Crippen LogP contribution in [0.3, 0.4) is 0 Å². The van der Waals surface area contributed by atoms with Crippen LogP contribution in [0.5, 0.6) is 0 Å². The molecule has 0 spiro atoms. The molecule has 3 nitrogen and oxygen atoms in total. The summed E-state index contributed by atoms with van der Waals surface area (Å²) in [6.07, 6.45) is 6.78. The Hall–Kier alpha value is -2.29. The topological polar surface area (TPSA) is 50.9 Å². The molecule has 0 unspecified atom stereocenters. The second-order valence-electron chi connectivity index (χ2n) is 5.50. The van der Waals surface area contributed by atoms with Crippen molar-refractivity contribution in [3.63, 3.8) is 0 Å². The number of rotatable bonds is 2.